The molecule has 0 bridgehead atoms. The van der Waals surface area contributed by atoms with Gasteiger partial charge in [0.1, 0.15) is 5.75 Å². The Labute approximate surface area is 155 Å². The van der Waals surface area contributed by atoms with Crippen LogP contribution in [-0.2, 0) is 4.79 Å². The van der Waals surface area contributed by atoms with Gasteiger partial charge in [0, 0.05) is 10.6 Å². The zero-order chi connectivity index (χ0) is 17.7. The molecule has 0 aromatic heterocycles. The summed E-state index contributed by atoms with van der Waals surface area (Å²) in [7, 11) is 0. The lowest BCUT2D eigenvalue weighted by molar-refractivity contribution is -0.127. The average molecular weight is 386 g/mol. The van der Waals surface area contributed by atoms with Gasteiger partial charge >= 0.3 is 0 Å². The van der Waals surface area contributed by atoms with Gasteiger partial charge in [0.25, 0.3) is 5.91 Å². The Bertz CT molecular complexity index is 778. The van der Waals surface area contributed by atoms with E-state index in [9.17, 15) is 4.79 Å². The first-order valence-corrected chi connectivity index (χ1v) is 8.21. The van der Waals surface area contributed by atoms with Crippen molar-refractivity contribution >= 4 is 46.9 Å². The van der Waals surface area contributed by atoms with Crippen LogP contribution in [0, 0.1) is 6.92 Å². The number of aryl methyl sites for hydroxylation is 1. The minimum atomic E-state index is -0.725. The van der Waals surface area contributed by atoms with Gasteiger partial charge in [-0.1, -0.05) is 46.9 Å². The van der Waals surface area contributed by atoms with Crippen LogP contribution in [0.25, 0.3) is 0 Å². The number of hydrazone groups is 1. The van der Waals surface area contributed by atoms with Crippen molar-refractivity contribution in [1.82, 2.24) is 5.43 Å². The highest BCUT2D eigenvalue weighted by Crippen LogP contribution is 2.24. The predicted molar refractivity (Wildman–Crippen MR) is 98.5 cm³/mol. The van der Waals surface area contributed by atoms with Gasteiger partial charge in [-0.25, -0.2) is 5.43 Å². The summed E-state index contributed by atoms with van der Waals surface area (Å²) in [5.41, 5.74) is 3.85. The first kappa shape index (κ1) is 18.6. The van der Waals surface area contributed by atoms with E-state index < -0.39 is 12.0 Å². The largest absolute Gasteiger partial charge is 0.481 e. The predicted octanol–water partition coefficient (Wildman–Crippen LogP) is 4.87. The highest BCUT2D eigenvalue weighted by Gasteiger charge is 2.15. The molecule has 1 unspecified atom stereocenters. The Hall–Kier alpha value is -1.75. The SMILES string of the molecule is Cc1cc(Cl)ccc1OC(C)C(=O)N/N=C/c1cccc(Cl)c1Cl. The molecule has 2 aromatic rings. The second kappa shape index (κ2) is 8.38. The van der Waals surface area contributed by atoms with E-state index in [0.29, 0.717) is 26.4 Å². The minimum Gasteiger partial charge on any atom is -0.481 e. The van der Waals surface area contributed by atoms with Crippen LogP contribution in [0.4, 0.5) is 0 Å². The molecular weight excluding hydrogens is 371 g/mol. The van der Waals surface area contributed by atoms with Crippen molar-refractivity contribution in [2.24, 2.45) is 5.10 Å². The molecule has 0 heterocycles. The van der Waals surface area contributed by atoms with Crippen LogP contribution in [0.2, 0.25) is 15.1 Å². The monoisotopic (exact) mass is 384 g/mol. The van der Waals surface area contributed by atoms with E-state index in [4.69, 9.17) is 39.5 Å². The molecule has 1 atom stereocenters. The molecule has 1 amide bonds. The first-order chi connectivity index (χ1) is 11.4. The Balaban J connectivity index is 1.96. The fourth-order valence-corrected chi connectivity index (χ4v) is 2.45. The van der Waals surface area contributed by atoms with Crippen molar-refractivity contribution in [3.05, 3.63) is 62.6 Å². The van der Waals surface area contributed by atoms with Crippen LogP contribution in [0.5, 0.6) is 5.75 Å². The zero-order valence-electron chi connectivity index (χ0n) is 13.0. The summed E-state index contributed by atoms with van der Waals surface area (Å²) < 4.78 is 5.62. The molecule has 4 nitrogen and oxygen atoms in total. The number of hydrogen-bond acceptors (Lipinski definition) is 3. The Morgan fingerprint density at radius 3 is 2.71 bits per heavy atom. The van der Waals surface area contributed by atoms with Crippen LogP contribution in [0.15, 0.2) is 41.5 Å². The maximum absolute atomic E-state index is 12.0. The molecule has 0 saturated carbocycles. The molecule has 2 aromatic carbocycles. The fourth-order valence-electron chi connectivity index (χ4n) is 1.87. The topological polar surface area (TPSA) is 50.7 Å². The number of nitrogens with one attached hydrogen (secondary N) is 1. The third-order valence-corrected chi connectivity index (χ3v) is 4.24. The fraction of sp³-hybridized carbons (Fsp3) is 0.176. The summed E-state index contributed by atoms with van der Waals surface area (Å²) in [4.78, 5) is 12.0. The summed E-state index contributed by atoms with van der Waals surface area (Å²) in [6.45, 7) is 3.48. The number of hydrogen-bond donors (Lipinski definition) is 1. The van der Waals surface area contributed by atoms with Gasteiger partial charge in [-0.2, -0.15) is 5.10 Å². The van der Waals surface area contributed by atoms with Crippen LogP contribution < -0.4 is 10.2 Å². The van der Waals surface area contributed by atoms with Gasteiger partial charge in [0.05, 0.1) is 16.3 Å². The molecule has 2 rings (SSSR count). The van der Waals surface area contributed by atoms with Crippen molar-refractivity contribution in [3.8, 4) is 5.75 Å². The molecule has 0 aliphatic heterocycles. The molecule has 1 N–H and O–H groups in total. The zero-order valence-corrected chi connectivity index (χ0v) is 15.3. The summed E-state index contributed by atoms with van der Waals surface area (Å²) in [6, 6.07) is 10.3. The van der Waals surface area contributed by atoms with Gasteiger partial charge in [-0.05, 0) is 43.7 Å². The highest BCUT2D eigenvalue weighted by atomic mass is 35.5. The van der Waals surface area contributed by atoms with Gasteiger partial charge in [0.15, 0.2) is 6.10 Å². The van der Waals surface area contributed by atoms with Gasteiger partial charge in [-0.15, -0.1) is 0 Å². The van der Waals surface area contributed by atoms with E-state index in [1.165, 1.54) is 6.21 Å². The Kier molecular flexibility index (Phi) is 6.49. The van der Waals surface area contributed by atoms with E-state index in [0.717, 1.165) is 5.56 Å². The van der Waals surface area contributed by atoms with E-state index >= 15 is 0 Å². The van der Waals surface area contributed by atoms with Crippen LogP contribution >= 0.6 is 34.8 Å². The van der Waals surface area contributed by atoms with Crippen molar-refractivity contribution in [2.45, 2.75) is 20.0 Å². The summed E-state index contributed by atoms with van der Waals surface area (Å²) >= 11 is 17.8. The number of benzene rings is 2. The minimum absolute atomic E-state index is 0.373. The number of nitrogens with zero attached hydrogens (tertiary/aromatic N) is 1. The summed E-state index contributed by atoms with van der Waals surface area (Å²) in [6.07, 6.45) is 0.698. The summed E-state index contributed by atoms with van der Waals surface area (Å²) in [5, 5.41) is 5.28. The summed E-state index contributed by atoms with van der Waals surface area (Å²) in [5.74, 6) is 0.197. The molecule has 0 aliphatic rings. The van der Waals surface area contributed by atoms with Gasteiger partial charge in [0.2, 0.25) is 0 Å². The maximum atomic E-state index is 12.0. The Morgan fingerprint density at radius 2 is 2.00 bits per heavy atom. The van der Waals surface area contributed by atoms with E-state index in [-0.39, 0.29) is 0 Å². The number of rotatable bonds is 5. The molecule has 0 radical (unpaired) electrons. The van der Waals surface area contributed by atoms with E-state index in [2.05, 4.69) is 10.5 Å². The van der Waals surface area contributed by atoms with Crippen molar-refractivity contribution in [2.75, 3.05) is 0 Å². The van der Waals surface area contributed by atoms with E-state index in [1.54, 1.807) is 43.3 Å². The number of ether oxygens (including phenoxy) is 1. The second-order valence-corrected chi connectivity index (χ2v) is 6.27. The van der Waals surface area contributed by atoms with Crippen molar-refractivity contribution in [1.29, 1.82) is 0 Å². The second-order valence-electron chi connectivity index (χ2n) is 5.05. The standard InChI is InChI=1S/C17H15Cl3N2O2/c1-10-8-13(18)6-7-15(10)24-11(2)17(23)22-21-9-12-4-3-5-14(19)16(12)20/h3-9,11H,1-2H3,(H,22,23)/b21-9+. The quantitative estimate of drug-likeness (QED) is 0.589. The number of carbonyl (C=O) groups is 1. The molecule has 0 saturated heterocycles. The van der Waals surface area contributed by atoms with Crippen molar-refractivity contribution in [3.63, 3.8) is 0 Å². The molecule has 0 spiro atoms. The highest BCUT2D eigenvalue weighted by molar-refractivity contribution is 6.43. The number of amides is 1. The maximum Gasteiger partial charge on any atom is 0.280 e. The smallest absolute Gasteiger partial charge is 0.280 e. The molecular formula is C17H15Cl3N2O2. The van der Waals surface area contributed by atoms with Gasteiger partial charge < -0.3 is 4.74 Å². The third-order valence-electron chi connectivity index (χ3n) is 3.17. The van der Waals surface area contributed by atoms with Crippen LogP contribution in [0.3, 0.4) is 0 Å². The van der Waals surface area contributed by atoms with Gasteiger partial charge in [-0.3, -0.25) is 4.79 Å². The van der Waals surface area contributed by atoms with Crippen LogP contribution in [0.1, 0.15) is 18.1 Å². The van der Waals surface area contributed by atoms with E-state index in [1.807, 2.05) is 6.92 Å². The first-order valence-electron chi connectivity index (χ1n) is 7.08. The lowest BCUT2D eigenvalue weighted by atomic mass is 10.2. The number of carbonyl (C=O) groups excluding carboxylic acids is 1. The molecule has 7 heteroatoms. The normalized spacial score (nSPS) is 12.2. The molecule has 0 fully saturated rings. The van der Waals surface area contributed by atoms with Crippen molar-refractivity contribution < 1.29 is 9.53 Å². The molecule has 126 valence electrons. The number of halogens is 3. The molecule has 0 aliphatic carbocycles. The Morgan fingerprint density at radius 1 is 1.25 bits per heavy atom. The third kappa shape index (κ3) is 4.87. The average Bonchev–Trinajstić information content (AvgIpc) is 2.54. The molecule has 24 heavy (non-hydrogen) atoms. The van der Waals surface area contributed by atoms with Crippen LogP contribution in [-0.4, -0.2) is 18.2 Å². The lowest BCUT2D eigenvalue weighted by Gasteiger charge is -2.14. The lowest BCUT2D eigenvalue weighted by Crippen LogP contribution is -2.33.